The van der Waals surface area contributed by atoms with E-state index < -0.39 is 54.3 Å². The molecule has 0 aliphatic heterocycles. The molecule has 0 spiro atoms. The fourth-order valence-electron chi connectivity index (χ4n) is 3.13. The largest absolute Gasteiger partial charge is 0.480 e. The van der Waals surface area contributed by atoms with Crippen LogP contribution in [0.5, 0.6) is 0 Å². The Morgan fingerprint density at radius 1 is 1.09 bits per heavy atom. The van der Waals surface area contributed by atoms with Crippen LogP contribution in [0.25, 0.3) is 10.9 Å². The van der Waals surface area contributed by atoms with Crippen molar-refractivity contribution < 1.29 is 29.1 Å². The number of H-pyrrole nitrogens is 1. The summed E-state index contributed by atoms with van der Waals surface area (Å²) in [5.74, 6) is -3.99. The molecule has 12 heteroatoms. The number of carboxylic acids is 1. The molecule has 0 aliphatic carbocycles. The van der Waals surface area contributed by atoms with Crippen LogP contribution in [-0.4, -0.2) is 64.4 Å². The summed E-state index contributed by atoms with van der Waals surface area (Å²) in [6, 6.07) is 4.39. The van der Waals surface area contributed by atoms with Crippen LogP contribution >= 0.6 is 0 Å². The second kappa shape index (κ2) is 11.6. The highest BCUT2D eigenvalue weighted by molar-refractivity contribution is 5.93. The maximum atomic E-state index is 12.4. The Morgan fingerprint density at radius 3 is 2.45 bits per heavy atom. The Balaban J connectivity index is 1.80. The Hall–Kier alpha value is -3.93. The number of hydrogen-bond acceptors (Lipinski definition) is 6. The second-order valence-electron chi connectivity index (χ2n) is 7.58. The number of primary amides is 1. The predicted molar refractivity (Wildman–Crippen MR) is 119 cm³/mol. The molecule has 0 radical (unpaired) electrons. The zero-order valence-corrected chi connectivity index (χ0v) is 18.1. The fourth-order valence-corrected chi connectivity index (χ4v) is 3.13. The number of hydrogen-bond donors (Lipinski definition) is 7. The van der Waals surface area contributed by atoms with Gasteiger partial charge in [0.2, 0.25) is 23.6 Å². The molecule has 0 fully saturated rings. The molecule has 0 saturated heterocycles. The monoisotopic (exact) mass is 460 g/mol. The number of nitrogens with one attached hydrogen (secondary N) is 4. The summed E-state index contributed by atoms with van der Waals surface area (Å²) in [5.41, 5.74) is 12.8. The zero-order chi connectivity index (χ0) is 24.5. The van der Waals surface area contributed by atoms with Gasteiger partial charge in [-0.05, 0) is 31.4 Å². The van der Waals surface area contributed by atoms with E-state index in [0.717, 1.165) is 16.5 Å². The number of amides is 4. The third kappa shape index (κ3) is 7.61. The molecule has 0 unspecified atom stereocenters. The van der Waals surface area contributed by atoms with Crippen LogP contribution in [0.15, 0.2) is 30.5 Å². The molecule has 3 atom stereocenters. The fraction of sp³-hybridized carbons (Fsp3) is 0.381. The lowest BCUT2D eigenvalue weighted by Gasteiger charge is -2.18. The number of para-hydroxylation sites is 1. The third-order valence-electron chi connectivity index (χ3n) is 4.94. The van der Waals surface area contributed by atoms with Gasteiger partial charge in [0.05, 0.1) is 12.6 Å². The van der Waals surface area contributed by atoms with Gasteiger partial charge in [-0.3, -0.25) is 19.2 Å². The Kier molecular flexibility index (Phi) is 8.92. The smallest absolute Gasteiger partial charge is 0.326 e. The molecule has 12 nitrogen and oxygen atoms in total. The number of aromatic amines is 1. The molecule has 1 aromatic carbocycles. The number of carbonyl (C=O) groups is 5. The highest BCUT2D eigenvalue weighted by Crippen LogP contribution is 2.18. The van der Waals surface area contributed by atoms with Crippen LogP contribution in [0.3, 0.4) is 0 Å². The maximum absolute atomic E-state index is 12.4. The molecule has 2 rings (SSSR count). The average molecular weight is 460 g/mol. The van der Waals surface area contributed by atoms with Crippen molar-refractivity contribution in [3.63, 3.8) is 0 Å². The van der Waals surface area contributed by atoms with Crippen LogP contribution in [0.1, 0.15) is 25.3 Å². The molecule has 0 aliphatic rings. The molecule has 33 heavy (non-hydrogen) atoms. The Bertz CT molecular complexity index is 1040. The molecule has 178 valence electrons. The van der Waals surface area contributed by atoms with Crippen molar-refractivity contribution in [2.24, 2.45) is 11.5 Å². The van der Waals surface area contributed by atoms with E-state index in [1.54, 1.807) is 6.20 Å². The summed E-state index contributed by atoms with van der Waals surface area (Å²) in [6.07, 6.45) is 1.64. The Labute approximate surface area is 189 Å². The van der Waals surface area contributed by atoms with Crippen molar-refractivity contribution >= 4 is 40.5 Å². The molecule has 2 aromatic rings. The van der Waals surface area contributed by atoms with Gasteiger partial charge >= 0.3 is 5.97 Å². The van der Waals surface area contributed by atoms with Crippen LogP contribution in [0.2, 0.25) is 0 Å². The number of benzene rings is 1. The van der Waals surface area contributed by atoms with E-state index in [2.05, 4.69) is 20.9 Å². The first-order chi connectivity index (χ1) is 15.6. The lowest BCUT2D eigenvalue weighted by Crippen LogP contribution is -2.52. The molecular formula is C21H28N6O6. The number of rotatable bonds is 12. The van der Waals surface area contributed by atoms with Gasteiger partial charge in [0.25, 0.3) is 0 Å². The van der Waals surface area contributed by atoms with Gasteiger partial charge in [-0.25, -0.2) is 4.79 Å². The summed E-state index contributed by atoms with van der Waals surface area (Å²) in [6.45, 7) is 0.914. The van der Waals surface area contributed by atoms with Crippen LogP contribution < -0.4 is 27.4 Å². The Morgan fingerprint density at radius 2 is 1.79 bits per heavy atom. The van der Waals surface area contributed by atoms with Gasteiger partial charge < -0.3 is 37.5 Å². The summed E-state index contributed by atoms with van der Waals surface area (Å²) in [4.78, 5) is 61.6. The minimum absolute atomic E-state index is 0.175. The molecule has 4 amide bonds. The van der Waals surface area contributed by atoms with Crippen molar-refractivity contribution in [3.8, 4) is 0 Å². The number of fused-ring (bicyclic) bond motifs is 1. The van der Waals surface area contributed by atoms with Gasteiger partial charge in [-0.15, -0.1) is 0 Å². The van der Waals surface area contributed by atoms with Crippen molar-refractivity contribution in [3.05, 3.63) is 36.0 Å². The normalized spacial score (nSPS) is 13.5. The minimum Gasteiger partial charge on any atom is -0.480 e. The first-order valence-corrected chi connectivity index (χ1v) is 10.3. The zero-order valence-electron chi connectivity index (χ0n) is 18.1. The predicted octanol–water partition coefficient (Wildman–Crippen LogP) is -1.51. The van der Waals surface area contributed by atoms with Gasteiger partial charge in [-0.1, -0.05) is 18.2 Å². The first kappa shape index (κ1) is 25.3. The number of aromatic nitrogens is 1. The lowest BCUT2D eigenvalue weighted by atomic mass is 10.0. The second-order valence-corrected chi connectivity index (χ2v) is 7.58. The average Bonchev–Trinajstić information content (AvgIpc) is 3.17. The topological polar surface area (TPSA) is 209 Å². The van der Waals surface area contributed by atoms with Crippen molar-refractivity contribution in [1.82, 2.24) is 20.9 Å². The van der Waals surface area contributed by atoms with Crippen LogP contribution in [0.4, 0.5) is 0 Å². The highest BCUT2D eigenvalue weighted by atomic mass is 16.4. The number of carbonyl (C=O) groups excluding carboxylic acids is 4. The quantitative estimate of drug-likeness (QED) is 0.199. The van der Waals surface area contributed by atoms with Crippen LogP contribution in [0, 0.1) is 0 Å². The first-order valence-electron chi connectivity index (χ1n) is 10.3. The third-order valence-corrected chi connectivity index (χ3v) is 4.94. The molecular weight excluding hydrogens is 432 g/mol. The summed E-state index contributed by atoms with van der Waals surface area (Å²) in [7, 11) is 0. The molecule has 1 aromatic heterocycles. The van der Waals surface area contributed by atoms with Crippen molar-refractivity contribution in [1.29, 1.82) is 0 Å². The van der Waals surface area contributed by atoms with E-state index in [1.807, 2.05) is 24.3 Å². The van der Waals surface area contributed by atoms with E-state index in [9.17, 15) is 24.0 Å². The maximum Gasteiger partial charge on any atom is 0.326 e. The number of nitrogens with two attached hydrogens (primary N) is 2. The van der Waals surface area contributed by atoms with Crippen LogP contribution in [-0.2, 0) is 30.4 Å². The van der Waals surface area contributed by atoms with E-state index in [-0.39, 0.29) is 19.3 Å². The summed E-state index contributed by atoms with van der Waals surface area (Å²) in [5, 5.41) is 17.0. The molecule has 0 bridgehead atoms. The molecule has 1 heterocycles. The van der Waals surface area contributed by atoms with E-state index in [0.29, 0.717) is 0 Å². The summed E-state index contributed by atoms with van der Waals surface area (Å²) >= 11 is 0. The lowest BCUT2D eigenvalue weighted by molar-refractivity contribution is -0.142. The number of carboxylic acid groups (broad SMARTS) is 1. The highest BCUT2D eigenvalue weighted by Gasteiger charge is 2.23. The molecule has 9 N–H and O–H groups in total. The van der Waals surface area contributed by atoms with E-state index in [1.165, 1.54) is 6.92 Å². The minimum atomic E-state index is -1.33. The number of aliphatic carboxylic acids is 1. The van der Waals surface area contributed by atoms with Gasteiger partial charge in [0.1, 0.15) is 12.1 Å². The molecule has 0 saturated carbocycles. The van der Waals surface area contributed by atoms with Crippen molar-refractivity contribution in [2.45, 2.75) is 44.3 Å². The van der Waals surface area contributed by atoms with Crippen molar-refractivity contribution in [2.75, 3.05) is 6.54 Å². The SMILES string of the molecule is C[C@H](NC(=O)[C@@H](N)Cc1c[nH]c2ccccc12)C(=O)NCC(=O)N[C@@H](CCC(N)=O)C(=O)O. The van der Waals surface area contributed by atoms with Gasteiger partial charge in [0.15, 0.2) is 0 Å². The van der Waals surface area contributed by atoms with E-state index in [4.69, 9.17) is 16.6 Å². The standard InChI is InChI=1S/C21H28N6O6/c1-11(19(30)25-10-18(29)27-16(21(32)33)6-7-17(23)28)26-20(31)14(22)8-12-9-24-15-5-3-2-4-13(12)15/h2-5,9,11,14,16,24H,6-8,10,22H2,1H3,(H2,23,28)(H,25,30)(H,26,31)(H,27,29)(H,32,33)/t11-,14-,16-/m0/s1. The van der Waals surface area contributed by atoms with E-state index >= 15 is 0 Å². The summed E-state index contributed by atoms with van der Waals surface area (Å²) < 4.78 is 0. The van der Waals surface area contributed by atoms with Gasteiger partial charge in [-0.2, -0.15) is 0 Å². The van der Waals surface area contributed by atoms with Gasteiger partial charge in [0, 0.05) is 23.5 Å².